The molecule has 3 nitrogen and oxygen atoms in total. The number of nitrogens with one attached hydrogen (secondary N) is 1. The van der Waals surface area contributed by atoms with Gasteiger partial charge >= 0.3 is 0 Å². The van der Waals surface area contributed by atoms with Crippen molar-refractivity contribution in [3.8, 4) is 0 Å². The number of halogens is 3. The van der Waals surface area contributed by atoms with E-state index in [0.29, 0.717) is 16.7 Å². The summed E-state index contributed by atoms with van der Waals surface area (Å²) in [4.78, 5) is 0. The fourth-order valence-corrected chi connectivity index (χ4v) is 1.76. The van der Waals surface area contributed by atoms with Crippen LogP contribution in [0.2, 0.25) is 5.15 Å². The monoisotopic (exact) mass is 283 g/mol. The number of aryl methyl sites for hydroxylation is 1. The Balaban J connectivity index is 2.48. The predicted octanol–water partition coefficient (Wildman–Crippen LogP) is 4.08. The average molecular weight is 284 g/mol. The summed E-state index contributed by atoms with van der Waals surface area (Å²) in [5.41, 5.74) is 1.52. The highest BCUT2D eigenvalue weighted by Gasteiger charge is 2.15. The number of benzene rings is 1. The third kappa shape index (κ3) is 2.51. The molecule has 1 N–H and O–H groups in total. The Morgan fingerprint density at radius 1 is 1.05 bits per heavy atom. The van der Waals surface area contributed by atoms with Crippen molar-refractivity contribution >= 4 is 23.1 Å². The zero-order valence-corrected chi connectivity index (χ0v) is 11.4. The first kappa shape index (κ1) is 13.7. The van der Waals surface area contributed by atoms with Gasteiger partial charge in [-0.2, -0.15) is 0 Å². The van der Waals surface area contributed by atoms with E-state index in [4.69, 9.17) is 11.6 Å². The number of aromatic nitrogens is 2. The van der Waals surface area contributed by atoms with E-state index >= 15 is 0 Å². The highest BCUT2D eigenvalue weighted by Crippen LogP contribution is 2.28. The van der Waals surface area contributed by atoms with Gasteiger partial charge in [0.15, 0.2) is 16.8 Å². The molecule has 0 bridgehead atoms. The highest BCUT2D eigenvalue weighted by molar-refractivity contribution is 6.30. The average Bonchev–Trinajstić information content (AvgIpc) is 2.39. The largest absolute Gasteiger partial charge is 0.334 e. The standard InChI is InChI=1S/C13H12ClF2N3/c1-6-4-5-9(15)11(10(6)16)17-13-8(3)7(2)12(14)18-19-13/h4-5H,1-3H3,(H,17,19). The van der Waals surface area contributed by atoms with E-state index in [9.17, 15) is 8.78 Å². The second kappa shape index (κ2) is 5.09. The van der Waals surface area contributed by atoms with E-state index in [1.54, 1.807) is 20.8 Å². The topological polar surface area (TPSA) is 37.8 Å². The molecule has 0 saturated heterocycles. The van der Waals surface area contributed by atoms with Crippen LogP contribution in [0.3, 0.4) is 0 Å². The molecule has 0 fully saturated rings. The highest BCUT2D eigenvalue weighted by atomic mass is 35.5. The Bertz CT molecular complexity index is 644. The first-order valence-corrected chi connectivity index (χ1v) is 6.00. The molecule has 0 aliphatic heterocycles. The third-order valence-corrected chi connectivity index (χ3v) is 3.35. The summed E-state index contributed by atoms with van der Waals surface area (Å²) in [6.45, 7) is 5.08. The van der Waals surface area contributed by atoms with Gasteiger partial charge in [-0.25, -0.2) is 8.78 Å². The van der Waals surface area contributed by atoms with Gasteiger partial charge in [-0.3, -0.25) is 0 Å². The van der Waals surface area contributed by atoms with Crippen LogP contribution in [0.1, 0.15) is 16.7 Å². The summed E-state index contributed by atoms with van der Waals surface area (Å²) in [6.07, 6.45) is 0. The van der Waals surface area contributed by atoms with Gasteiger partial charge in [0.05, 0.1) is 0 Å². The SMILES string of the molecule is Cc1ccc(F)c(Nc2nnc(Cl)c(C)c2C)c1F. The lowest BCUT2D eigenvalue weighted by Crippen LogP contribution is -2.05. The van der Waals surface area contributed by atoms with Gasteiger partial charge in [0.1, 0.15) is 11.5 Å². The molecule has 0 aliphatic carbocycles. The molecule has 0 saturated carbocycles. The molecule has 1 aromatic carbocycles. The van der Waals surface area contributed by atoms with E-state index in [-0.39, 0.29) is 16.7 Å². The van der Waals surface area contributed by atoms with Crippen molar-refractivity contribution in [2.45, 2.75) is 20.8 Å². The van der Waals surface area contributed by atoms with Gasteiger partial charge in [0, 0.05) is 0 Å². The van der Waals surface area contributed by atoms with Gasteiger partial charge < -0.3 is 5.32 Å². The van der Waals surface area contributed by atoms with Crippen molar-refractivity contribution in [2.24, 2.45) is 0 Å². The van der Waals surface area contributed by atoms with E-state index in [2.05, 4.69) is 15.5 Å². The van der Waals surface area contributed by atoms with Crippen molar-refractivity contribution in [1.29, 1.82) is 0 Å². The number of anilines is 2. The van der Waals surface area contributed by atoms with Gasteiger partial charge in [0.2, 0.25) is 0 Å². The number of hydrogen-bond donors (Lipinski definition) is 1. The maximum Gasteiger partial charge on any atom is 0.156 e. The smallest absolute Gasteiger partial charge is 0.156 e. The molecular formula is C13H12ClF2N3. The second-order valence-corrected chi connectivity index (χ2v) is 4.63. The first-order chi connectivity index (χ1) is 8.91. The predicted molar refractivity (Wildman–Crippen MR) is 70.9 cm³/mol. The molecule has 0 unspecified atom stereocenters. The molecule has 0 radical (unpaired) electrons. The molecule has 2 aromatic rings. The molecule has 0 aliphatic rings. The normalized spacial score (nSPS) is 10.6. The van der Waals surface area contributed by atoms with Gasteiger partial charge in [0.25, 0.3) is 0 Å². The van der Waals surface area contributed by atoms with E-state index in [1.165, 1.54) is 12.1 Å². The molecule has 0 amide bonds. The summed E-state index contributed by atoms with van der Waals surface area (Å²) >= 11 is 5.83. The van der Waals surface area contributed by atoms with Crippen LogP contribution < -0.4 is 5.32 Å². The van der Waals surface area contributed by atoms with Crippen molar-refractivity contribution in [1.82, 2.24) is 10.2 Å². The fourth-order valence-electron chi connectivity index (χ4n) is 1.58. The molecule has 6 heteroatoms. The molecule has 0 spiro atoms. The summed E-state index contributed by atoms with van der Waals surface area (Å²) in [7, 11) is 0. The minimum atomic E-state index is -0.683. The van der Waals surface area contributed by atoms with Crippen LogP contribution in [0.4, 0.5) is 20.3 Å². The Hall–Kier alpha value is -1.75. The minimum Gasteiger partial charge on any atom is -0.334 e. The zero-order valence-electron chi connectivity index (χ0n) is 10.7. The summed E-state index contributed by atoms with van der Waals surface area (Å²) in [5.74, 6) is -1.05. The molecule has 1 aromatic heterocycles. The van der Waals surface area contributed by atoms with E-state index < -0.39 is 11.6 Å². The fraction of sp³-hybridized carbons (Fsp3) is 0.231. The van der Waals surface area contributed by atoms with Crippen LogP contribution in [0, 0.1) is 32.4 Å². The number of rotatable bonds is 2. The Morgan fingerprint density at radius 3 is 2.42 bits per heavy atom. The van der Waals surface area contributed by atoms with Crippen molar-refractivity contribution < 1.29 is 8.78 Å². The Morgan fingerprint density at radius 2 is 1.74 bits per heavy atom. The molecule has 100 valence electrons. The van der Waals surface area contributed by atoms with Gasteiger partial charge in [-0.1, -0.05) is 17.7 Å². The molecule has 1 heterocycles. The molecular weight excluding hydrogens is 272 g/mol. The Labute approximate surface area is 114 Å². The third-order valence-electron chi connectivity index (χ3n) is 2.99. The van der Waals surface area contributed by atoms with Gasteiger partial charge in [-0.15, -0.1) is 10.2 Å². The van der Waals surface area contributed by atoms with Crippen LogP contribution in [-0.4, -0.2) is 10.2 Å². The lowest BCUT2D eigenvalue weighted by atomic mass is 10.1. The summed E-state index contributed by atoms with van der Waals surface area (Å²) in [6, 6.07) is 2.58. The van der Waals surface area contributed by atoms with E-state index in [0.717, 1.165) is 0 Å². The molecule has 0 atom stereocenters. The summed E-state index contributed by atoms with van der Waals surface area (Å²) < 4.78 is 27.5. The quantitative estimate of drug-likeness (QED) is 0.902. The zero-order chi connectivity index (χ0) is 14.2. The lowest BCUT2D eigenvalue weighted by Gasteiger charge is -2.12. The van der Waals surface area contributed by atoms with E-state index in [1.807, 2.05) is 0 Å². The van der Waals surface area contributed by atoms with Crippen LogP contribution in [0.25, 0.3) is 0 Å². The van der Waals surface area contributed by atoms with Crippen LogP contribution >= 0.6 is 11.6 Å². The van der Waals surface area contributed by atoms with Crippen LogP contribution in [-0.2, 0) is 0 Å². The second-order valence-electron chi connectivity index (χ2n) is 4.27. The summed E-state index contributed by atoms with van der Waals surface area (Å²) in [5, 5.41) is 10.5. The molecule has 2 rings (SSSR count). The van der Waals surface area contributed by atoms with Crippen LogP contribution in [0.5, 0.6) is 0 Å². The number of nitrogens with zero attached hydrogens (tertiary/aromatic N) is 2. The Kier molecular flexibility index (Phi) is 3.66. The first-order valence-electron chi connectivity index (χ1n) is 5.62. The van der Waals surface area contributed by atoms with Crippen LogP contribution in [0.15, 0.2) is 12.1 Å². The molecule has 19 heavy (non-hydrogen) atoms. The minimum absolute atomic E-state index is 0.237. The maximum atomic E-state index is 13.9. The van der Waals surface area contributed by atoms with Crippen molar-refractivity contribution in [2.75, 3.05) is 5.32 Å². The number of hydrogen-bond acceptors (Lipinski definition) is 3. The van der Waals surface area contributed by atoms with Gasteiger partial charge in [-0.05, 0) is 43.5 Å². The lowest BCUT2D eigenvalue weighted by molar-refractivity contribution is 0.584. The maximum absolute atomic E-state index is 13.9. The van der Waals surface area contributed by atoms with Crippen molar-refractivity contribution in [3.63, 3.8) is 0 Å². The van der Waals surface area contributed by atoms with Crippen molar-refractivity contribution in [3.05, 3.63) is 45.6 Å².